The van der Waals surface area contributed by atoms with E-state index in [1.807, 2.05) is 0 Å². The normalized spacial score (nSPS) is 14.1. The minimum atomic E-state index is -8.39. The summed E-state index contributed by atoms with van der Waals surface area (Å²) in [4.78, 5) is 12.0. The molecular formula is C21H8F15NO2. The van der Waals surface area contributed by atoms with Gasteiger partial charge in [0.05, 0.1) is 17.2 Å². The molecule has 0 aliphatic carbocycles. The Bertz CT molecular complexity index is 1240. The maximum Gasteiger partial charge on any atom is 0.460 e. The van der Waals surface area contributed by atoms with E-state index in [9.17, 15) is 70.7 Å². The van der Waals surface area contributed by atoms with E-state index in [-0.39, 0.29) is 35.6 Å². The lowest BCUT2D eigenvalue weighted by Gasteiger charge is -2.41. The van der Waals surface area contributed by atoms with Crippen LogP contribution >= 0.6 is 0 Å². The second-order valence-electron chi connectivity index (χ2n) is 7.55. The first-order chi connectivity index (χ1) is 17.4. The van der Waals surface area contributed by atoms with Crippen molar-refractivity contribution in [2.75, 3.05) is 0 Å². The van der Waals surface area contributed by atoms with Gasteiger partial charge in [-0.05, 0) is 36.4 Å². The van der Waals surface area contributed by atoms with Crippen LogP contribution in [0.5, 0.6) is 5.75 Å². The molecule has 2 aromatic carbocycles. The van der Waals surface area contributed by atoms with Gasteiger partial charge in [0.15, 0.2) is 0 Å². The Morgan fingerprint density at radius 2 is 1.00 bits per heavy atom. The van der Waals surface area contributed by atoms with Gasteiger partial charge in [-0.3, -0.25) is 0 Å². The average molecular weight is 591 g/mol. The maximum atomic E-state index is 14.3. The third-order valence-corrected chi connectivity index (χ3v) is 5.00. The molecule has 0 bridgehead atoms. The Labute approximate surface area is 206 Å². The highest BCUT2D eigenvalue weighted by Crippen LogP contribution is 2.63. The first-order valence-corrected chi connectivity index (χ1v) is 9.56. The standard InChI is InChI=1S/C21H8F15NO2/c22-15(23,12-5-3-11(4-6-12)14(38)39-13-7-1-10(9-37)2-8-13)16(24,25)17(26,27)18(28,29)19(30,31)20(32,33)21(34,35)36/h1-8H. The summed E-state index contributed by atoms with van der Waals surface area (Å²) in [6.45, 7) is 0. The Kier molecular flexibility index (Phi) is 7.71. The van der Waals surface area contributed by atoms with E-state index in [4.69, 9.17) is 10.00 Å². The van der Waals surface area contributed by atoms with Crippen LogP contribution in [0.1, 0.15) is 21.5 Å². The summed E-state index contributed by atoms with van der Waals surface area (Å²) in [6, 6.07) is 6.11. The molecule has 39 heavy (non-hydrogen) atoms. The number of hydrogen-bond acceptors (Lipinski definition) is 3. The van der Waals surface area contributed by atoms with Crippen LogP contribution in [-0.2, 0) is 5.92 Å². The van der Waals surface area contributed by atoms with Crippen LogP contribution in [0.15, 0.2) is 48.5 Å². The Morgan fingerprint density at radius 3 is 1.41 bits per heavy atom. The zero-order valence-corrected chi connectivity index (χ0v) is 18.1. The molecule has 18 heteroatoms. The fourth-order valence-electron chi connectivity index (χ4n) is 2.73. The highest BCUT2D eigenvalue weighted by molar-refractivity contribution is 5.91. The predicted molar refractivity (Wildman–Crippen MR) is 97.2 cm³/mol. The molecule has 0 saturated carbocycles. The molecule has 0 N–H and O–H groups in total. The highest BCUT2D eigenvalue weighted by atomic mass is 19.4. The number of carbonyl (C=O) groups is 1. The topological polar surface area (TPSA) is 50.1 Å². The molecule has 0 atom stereocenters. The molecule has 0 aliphatic rings. The van der Waals surface area contributed by atoms with Gasteiger partial charge in [0.1, 0.15) is 5.75 Å². The zero-order chi connectivity index (χ0) is 30.5. The van der Waals surface area contributed by atoms with E-state index in [2.05, 4.69) is 0 Å². The number of alkyl halides is 15. The third-order valence-electron chi connectivity index (χ3n) is 5.00. The number of esters is 1. The molecule has 2 rings (SSSR count). The molecule has 2 aromatic rings. The van der Waals surface area contributed by atoms with E-state index in [1.165, 1.54) is 12.1 Å². The lowest BCUT2D eigenvalue weighted by Crippen LogP contribution is -2.72. The molecule has 3 nitrogen and oxygen atoms in total. The van der Waals surface area contributed by atoms with Crippen molar-refractivity contribution in [2.24, 2.45) is 0 Å². The van der Waals surface area contributed by atoms with Gasteiger partial charge in [-0.2, -0.15) is 71.1 Å². The van der Waals surface area contributed by atoms with Crippen molar-refractivity contribution >= 4 is 5.97 Å². The van der Waals surface area contributed by atoms with Gasteiger partial charge in [-0.25, -0.2) is 4.79 Å². The van der Waals surface area contributed by atoms with Crippen molar-refractivity contribution in [2.45, 2.75) is 41.7 Å². The van der Waals surface area contributed by atoms with Crippen LogP contribution in [0.4, 0.5) is 65.9 Å². The second-order valence-corrected chi connectivity index (χ2v) is 7.55. The summed E-state index contributed by atoms with van der Waals surface area (Å²) < 4.78 is 205. The van der Waals surface area contributed by atoms with Crippen LogP contribution in [0, 0.1) is 11.3 Å². The van der Waals surface area contributed by atoms with Gasteiger partial charge in [0.2, 0.25) is 0 Å². The third kappa shape index (κ3) is 4.82. The first kappa shape index (κ1) is 31.6. The van der Waals surface area contributed by atoms with Crippen molar-refractivity contribution in [3.63, 3.8) is 0 Å². The second kappa shape index (κ2) is 9.52. The van der Waals surface area contributed by atoms with E-state index in [1.54, 1.807) is 6.07 Å². The van der Waals surface area contributed by atoms with Crippen LogP contribution < -0.4 is 4.74 Å². The van der Waals surface area contributed by atoms with Gasteiger partial charge in [0.25, 0.3) is 0 Å². The molecule has 0 aromatic heterocycles. The molecule has 0 saturated heterocycles. The van der Waals surface area contributed by atoms with Crippen LogP contribution in [0.25, 0.3) is 0 Å². The van der Waals surface area contributed by atoms with Gasteiger partial charge >= 0.3 is 47.7 Å². The molecule has 0 aliphatic heterocycles. The first-order valence-electron chi connectivity index (χ1n) is 9.56. The summed E-state index contributed by atoms with van der Waals surface area (Å²) in [5.41, 5.74) is -3.00. The quantitative estimate of drug-likeness (QED) is 0.181. The molecule has 0 unspecified atom stereocenters. The van der Waals surface area contributed by atoms with Crippen LogP contribution in [0.3, 0.4) is 0 Å². The molecule has 0 amide bonds. The Balaban J connectivity index is 2.42. The number of benzene rings is 2. The monoisotopic (exact) mass is 591 g/mol. The number of hydrogen-bond donors (Lipinski definition) is 0. The molecule has 0 heterocycles. The fourth-order valence-corrected chi connectivity index (χ4v) is 2.73. The number of rotatable bonds is 8. The highest BCUT2D eigenvalue weighted by Gasteiger charge is 2.93. The van der Waals surface area contributed by atoms with Crippen LogP contribution in [0.2, 0.25) is 0 Å². The Morgan fingerprint density at radius 1 is 0.590 bits per heavy atom. The lowest BCUT2D eigenvalue weighted by molar-refractivity contribution is -0.453. The SMILES string of the molecule is N#Cc1ccc(OC(=O)c2ccc(C(F)(F)C(F)(F)C(F)(F)C(F)(F)C(F)(F)C(F)(F)C(F)(F)F)cc2)cc1. The van der Waals surface area contributed by atoms with E-state index in [0.717, 1.165) is 12.1 Å². The van der Waals surface area contributed by atoms with Crippen molar-refractivity contribution < 1.29 is 75.4 Å². The van der Waals surface area contributed by atoms with Gasteiger partial charge < -0.3 is 4.74 Å². The van der Waals surface area contributed by atoms with Crippen molar-refractivity contribution in [1.82, 2.24) is 0 Å². The molecule has 0 spiro atoms. The minimum absolute atomic E-state index is 0.115. The average Bonchev–Trinajstić information content (AvgIpc) is 2.83. The lowest BCUT2D eigenvalue weighted by atomic mass is 9.88. The van der Waals surface area contributed by atoms with Gasteiger partial charge in [-0.15, -0.1) is 0 Å². The predicted octanol–water partition coefficient (Wildman–Crippen LogP) is 7.61. The maximum absolute atomic E-state index is 14.3. The zero-order valence-electron chi connectivity index (χ0n) is 18.1. The van der Waals surface area contributed by atoms with Gasteiger partial charge in [0, 0.05) is 5.56 Å². The van der Waals surface area contributed by atoms with Crippen molar-refractivity contribution in [3.8, 4) is 11.8 Å². The van der Waals surface area contributed by atoms with Crippen LogP contribution in [-0.4, -0.2) is 41.8 Å². The molecular weight excluding hydrogens is 583 g/mol. The molecule has 214 valence electrons. The smallest absolute Gasteiger partial charge is 0.423 e. The number of carbonyl (C=O) groups excluding carboxylic acids is 1. The summed E-state index contributed by atoms with van der Waals surface area (Å²) in [5.74, 6) is -49.0. The van der Waals surface area contributed by atoms with Gasteiger partial charge in [-0.1, -0.05) is 12.1 Å². The van der Waals surface area contributed by atoms with Crippen molar-refractivity contribution in [1.29, 1.82) is 5.26 Å². The largest absolute Gasteiger partial charge is 0.460 e. The number of nitrogens with zero attached hydrogens (tertiary/aromatic N) is 1. The Hall–Kier alpha value is -3.65. The number of nitriles is 1. The number of ether oxygens (including phenoxy) is 1. The molecule has 0 radical (unpaired) electrons. The van der Waals surface area contributed by atoms with E-state index < -0.39 is 58.8 Å². The minimum Gasteiger partial charge on any atom is -0.423 e. The van der Waals surface area contributed by atoms with E-state index in [0.29, 0.717) is 0 Å². The summed E-state index contributed by atoms with van der Waals surface area (Å²) in [5, 5.41) is 8.66. The summed E-state index contributed by atoms with van der Waals surface area (Å²) in [7, 11) is 0. The number of halogens is 15. The molecule has 0 fully saturated rings. The summed E-state index contributed by atoms with van der Waals surface area (Å²) in [6.07, 6.45) is -7.68. The fraction of sp³-hybridized carbons (Fsp3) is 0.333. The summed E-state index contributed by atoms with van der Waals surface area (Å²) >= 11 is 0. The van der Waals surface area contributed by atoms with Crippen molar-refractivity contribution in [3.05, 3.63) is 65.2 Å². The van der Waals surface area contributed by atoms with E-state index >= 15 is 0 Å².